The maximum Gasteiger partial charge on any atom is 0.0718 e. The van der Waals surface area contributed by atoms with E-state index in [1.165, 1.54) is 50.1 Å². The maximum atomic E-state index is 6.17. The van der Waals surface area contributed by atoms with E-state index >= 15 is 0 Å². The molecule has 1 aliphatic rings. The Bertz CT molecular complexity index is 1230. The predicted octanol–water partition coefficient (Wildman–Crippen LogP) is 7.46. The minimum atomic E-state index is -0.339. The molecule has 0 unspecified atom stereocenters. The smallest absolute Gasteiger partial charge is 0.0718 e. The molecule has 0 saturated carbocycles. The van der Waals surface area contributed by atoms with Gasteiger partial charge in [0.15, 0.2) is 0 Å². The Kier molecular flexibility index (Phi) is 6.39. The molecule has 0 saturated heterocycles. The van der Waals surface area contributed by atoms with E-state index in [-0.39, 0.29) is 5.41 Å². The van der Waals surface area contributed by atoms with Gasteiger partial charge in [0.1, 0.15) is 0 Å². The van der Waals surface area contributed by atoms with Crippen molar-refractivity contribution in [2.24, 2.45) is 5.73 Å². The molecule has 1 nitrogen and oxygen atoms in total. The second kappa shape index (κ2) is 9.60. The van der Waals surface area contributed by atoms with Gasteiger partial charge in [0, 0.05) is 0 Å². The second-order valence-electron chi connectivity index (χ2n) is 9.54. The number of hydrogen-bond acceptors (Lipinski definition) is 1. The molecule has 4 aromatic carbocycles. The van der Waals surface area contributed by atoms with Crippen molar-refractivity contribution in [3.05, 3.63) is 130 Å². The molecule has 2 N–H and O–H groups in total. The molecule has 0 heterocycles. The van der Waals surface area contributed by atoms with E-state index in [9.17, 15) is 0 Å². The minimum absolute atomic E-state index is 0.339. The van der Waals surface area contributed by atoms with Crippen LogP contribution in [0.1, 0.15) is 65.6 Å². The maximum absolute atomic E-state index is 6.17. The zero-order valence-electron chi connectivity index (χ0n) is 20.5. The molecule has 0 bridgehead atoms. The van der Waals surface area contributed by atoms with Gasteiger partial charge in [-0.1, -0.05) is 118 Å². The largest absolute Gasteiger partial charge is 0.330 e. The topological polar surface area (TPSA) is 26.0 Å². The van der Waals surface area contributed by atoms with Crippen molar-refractivity contribution in [3.8, 4) is 11.1 Å². The molecular weight excluding hydrogens is 410 g/mol. The molecule has 0 aromatic heterocycles. The summed E-state index contributed by atoms with van der Waals surface area (Å²) in [5, 5.41) is 0. The van der Waals surface area contributed by atoms with Gasteiger partial charge >= 0.3 is 0 Å². The Hall–Kier alpha value is -3.16. The fraction of sp³-hybridized carbons (Fsp3) is 0.273. The monoisotopic (exact) mass is 445 g/mol. The van der Waals surface area contributed by atoms with Crippen LogP contribution in [0.15, 0.2) is 91.0 Å². The quantitative estimate of drug-likeness (QED) is 0.264. The molecule has 0 aliphatic heterocycles. The second-order valence-corrected chi connectivity index (χ2v) is 9.54. The molecule has 4 aromatic rings. The van der Waals surface area contributed by atoms with Gasteiger partial charge in [0.25, 0.3) is 0 Å². The first kappa shape index (κ1) is 22.6. The van der Waals surface area contributed by atoms with Crippen molar-refractivity contribution in [2.75, 3.05) is 6.54 Å². The average molecular weight is 446 g/mol. The molecule has 1 aliphatic carbocycles. The predicted molar refractivity (Wildman–Crippen MR) is 144 cm³/mol. The van der Waals surface area contributed by atoms with Crippen molar-refractivity contribution in [2.45, 2.75) is 51.4 Å². The Morgan fingerprint density at radius 3 is 1.79 bits per heavy atom. The van der Waals surface area contributed by atoms with E-state index < -0.39 is 0 Å². The van der Waals surface area contributed by atoms with Crippen molar-refractivity contribution in [1.29, 1.82) is 0 Å². The summed E-state index contributed by atoms with van der Waals surface area (Å²) in [4.78, 5) is 0. The van der Waals surface area contributed by atoms with Gasteiger partial charge in [-0.15, -0.1) is 0 Å². The lowest BCUT2D eigenvalue weighted by atomic mass is 9.65. The highest BCUT2D eigenvalue weighted by atomic mass is 14.5. The Labute approximate surface area is 204 Å². The number of nitrogens with two attached hydrogens (primary N) is 1. The molecule has 0 amide bonds. The zero-order valence-corrected chi connectivity index (χ0v) is 20.5. The van der Waals surface area contributed by atoms with Crippen LogP contribution in [0.5, 0.6) is 0 Å². The highest BCUT2D eigenvalue weighted by Crippen LogP contribution is 2.58. The molecule has 0 spiro atoms. The van der Waals surface area contributed by atoms with Gasteiger partial charge in [0.2, 0.25) is 0 Å². The summed E-state index contributed by atoms with van der Waals surface area (Å²) in [5.74, 6) is 0. The van der Waals surface area contributed by atoms with Gasteiger partial charge in [-0.25, -0.2) is 0 Å². The molecule has 172 valence electrons. The SMILES string of the molecule is CCCc1cc(CCC)c2c(c1)-c1cccc(CCN)c1C2(c1ccccc1)c1ccccc1. The molecule has 34 heavy (non-hydrogen) atoms. The highest BCUT2D eigenvalue weighted by Gasteiger charge is 2.48. The summed E-state index contributed by atoms with van der Waals surface area (Å²) in [5.41, 5.74) is 18.5. The third-order valence-electron chi connectivity index (χ3n) is 7.36. The molecule has 5 rings (SSSR count). The fourth-order valence-corrected chi connectivity index (χ4v) is 6.20. The summed E-state index contributed by atoms with van der Waals surface area (Å²) in [6.45, 7) is 5.22. The summed E-state index contributed by atoms with van der Waals surface area (Å²) >= 11 is 0. The summed E-state index contributed by atoms with van der Waals surface area (Å²) in [6.07, 6.45) is 5.37. The van der Waals surface area contributed by atoms with Crippen LogP contribution in [0, 0.1) is 0 Å². The Morgan fingerprint density at radius 2 is 1.21 bits per heavy atom. The lowest BCUT2D eigenvalue weighted by molar-refractivity contribution is 0.732. The van der Waals surface area contributed by atoms with Crippen LogP contribution in [-0.4, -0.2) is 6.54 Å². The van der Waals surface area contributed by atoms with Crippen molar-refractivity contribution in [3.63, 3.8) is 0 Å². The first-order chi connectivity index (χ1) is 16.7. The van der Waals surface area contributed by atoms with Crippen molar-refractivity contribution < 1.29 is 0 Å². The summed E-state index contributed by atoms with van der Waals surface area (Å²) < 4.78 is 0. The van der Waals surface area contributed by atoms with Gasteiger partial charge in [-0.2, -0.15) is 0 Å². The zero-order chi connectivity index (χ0) is 23.5. The van der Waals surface area contributed by atoms with Crippen LogP contribution in [-0.2, 0) is 24.7 Å². The molecule has 0 radical (unpaired) electrons. The average Bonchev–Trinajstić information content (AvgIpc) is 3.18. The third-order valence-corrected chi connectivity index (χ3v) is 7.36. The molecular formula is C33H35N. The molecule has 0 atom stereocenters. The van der Waals surface area contributed by atoms with Crippen LogP contribution in [0.4, 0.5) is 0 Å². The van der Waals surface area contributed by atoms with E-state index in [1.807, 2.05) is 0 Å². The first-order valence-electron chi connectivity index (χ1n) is 12.9. The van der Waals surface area contributed by atoms with E-state index in [2.05, 4.69) is 105 Å². The molecule has 1 heteroatoms. The van der Waals surface area contributed by atoms with E-state index in [0.29, 0.717) is 6.54 Å². The van der Waals surface area contributed by atoms with Crippen LogP contribution >= 0.6 is 0 Å². The minimum Gasteiger partial charge on any atom is -0.330 e. The van der Waals surface area contributed by atoms with Crippen LogP contribution in [0.2, 0.25) is 0 Å². The Morgan fingerprint density at radius 1 is 0.588 bits per heavy atom. The van der Waals surface area contributed by atoms with Crippen molar-refractivity contribution in [1.82, 2.24) is 0 Å². The van der Waals surface area contributed by atoms with E-state index in [1.54, 1.807) is 0 Å². The van der Waals surface area contributed by atoms with Crippen LogP contribution in [0.25, 0.3) is 11.1 Å². The van der Waals surface area contributed by atoms with Crippen molar-refractivity contribution >= 4 is 0 Å². The number of aryl methyl sites for hydroxylation is 2. The van der Waals surface area contributed by atoms with E-state index in [0.717, 1.165) is 32.1 Å². The summed E-state index contributed by atoms with van der Waals surface area (Å²) in [7, 11) is 0. The standard InChI is InChI=1S/C33H35N/c1-3-12-24-22-26(13-4-2)32-30(23-24)29-19-11-14-25(20-21-34)31(29)33(32,27-15-7-5-8-16-27)28-17-9-6-10-18-28/h5-11,14-19,22-23H,3-4,12-13,20-21,34H2,1-2H3. The number of rotatable bonds is 8. The van der Waals surface area contributed by atoms with E-state index in [4.69, 9.17) is 5.73 Å². The lowest BCUT2D eigenvalue weighted by Crippen LogP contribution is -2.31. The third kappa shape index (κ3) is 3.51. The number of fused-ring (bicyclic) bond motifs is 3. The van der Waals surface area contributed by atoms with Gasteiger partial charge in [-0.05, 0) is 75.9 Å². The Balaban J connectivity index is 1.99. The van der Waals surface area contributed by atoms with Gasteiger partial charge < -0.3 is 5.73 Å². The normalized spacial score (nSPS) is 13.5. The van der Waals surface area contributed by atoms with Gasteiger partial charge in [0.05, 0.1) is 5.41 Å². The molecule has 0 fully saturated rings. The van der Waals surface area contributed by atoms with Gasteiger partial charge in [-0.3, -0.25) is 0 Å². The fourth-order valence-electron chi connectivity index (χ4n) is 6.20. The lowest BCUT2D eigenvalue weighted by Gasteiger charge is -2.36. The number of hydrogen-bond donors (Lipinski definition) is 1. The van der Waals surface area contributed by atoms with Crippen LogP contribution in [0.3, 0.4) is 0 Å². The summed E-state index contributed by atoms with van der Waals surface area (Å²) in [6, 6.07) is 34.1. The number of benzene rings is 4. The highest BCUT2D eigenvalue weighted by molar-refractivity contribution is 5.89. The first-order valence-corrected chi connectivity index (χ1v) is 12.9. The van der Waals surface area contributed by atoms with Crippen LogP contribution < -0.4 is 5.73 Å².